The van der Waals surface area contributed by atoms with Gasteiger partial charge in [-0.05, 0) is 40.9 Å². The summed E-state index contributed by atoms with van der Waals surface area (Å²) in [5.41, 5.74) is 8.35. The molecule has 4 aromatic rings. The van der Waals surface area contributed by atoms with Crippen molar-refractivity contribution in [1.29, 1.82) is 0 Å². The molecule has 3 amide bonds. The average molecular weight is 500 g/mol. The maximum absolute atomic E-state index is 13.5. The molecule has 6 N–H and O–H groups in total. The number of aromatic amines is 1. The minimum atomic E-state index is -0.840. The van der Waals surface area contributed by atoms with Crippen LogP contribution in [0.5, 0.6) is 0 Å². The van der Waals surface area contributed by atoms with Crippen LogP contribution in [0.3, 0.4) is 0 Å². The zero-order chi connectivity index (χ0) is 26.2. The first-order chi connectivity index (χ1) is 17.9. The van der Waals surface area contributed by atoms with Gasteiger partial charge in [0.15, 0.2) is 0 Å². The van der Waals surface area contributed by atoms with Gasteiger partial charge in [-0.25, -0.2) is 0 Å². The van der Waals surface area contributed by atoms with Crippen molar-refractivity contribution >= 4 is 39.4 Å². The fourth-order valence-electron chi connectivity index (χ4n) is 4.49. The minimum Gasteiger partial charge on any atom is -0.361 e. The van der Waals surface area contributed by atoms with Gasteiger partial charge in [-0.2, -0.15) is 0 Å². The maximum atomic E-state index is 13.5. The third kappa shape index (κ3) is 6.74. The molecule has 0 saturated heterocycles. The van der Waals surface area contributed by atoms with Gasteiger partial charge >= 0.3 is 0 Å². The topological polar surface area (TPSA) is 129 Å². The molecule has 2 atom stereocenters. The normalized spacial score (nSPS) is 12.7. The van der Waals surface area contributed by atoms with Gasteiger partial charge in [0.05, 0.1) is 0 Å². The van der Waals surface area contributed by atoms with Crippen molar-refractivity contribution in [2.75, 3.05) is 13.1 Å². The molecule has 4 rings (SSSR count). The molecule has 37 heavy (non-hydrogen) atoms. The third-order valence-corrected chi connectivity index (χ3v) is 6.36. The number of benzene rings is 3. The van der Waals surface area contributed by atoms with E-state index in [9.17, 15) is 14.4 Å². The van der Waals surface area contributed by atoms with E-state index in [2.05, 4.69) is 20.9 Å². The third-order valence-electron chi connectivity index (χ3n) is 6.36. The van der Waals surface area contributed by atoms with Crippen LogP contribution in [0.4, 0.5) is 0 Å². The van der Waals surface area contributed by atoms with E-state index in [1.807, 2.05) is 72.9 Å². The fourth-order valence-corrected chi connectivity index (χ4v) is 4.49. The van der Waals surface area contributed by atoms with Crippen LogP contribution in [-0.2, 0) is 27.2 Å². The number of nitrogens with one attached hydrogen (secondary N) is 4. The fraction of sp³-hybridized carbons (Fsp3) is 0.276. The lowest BCUT2D eigenvalue weighted by Crippen LogP contribution is -2.55. The van der Waals surface area contributed by atoms with E-state index >= 15 is 0 Å². The Kier molecular flexibility index (Phi) is 8.53. The number of rotatable bonds is 11. The van der Waals surface area contributed by atoms with Crippen molar-refractivity contribution in [3.63, 3.8) is 0 Å². The highest BCUT2D eigenvalue weighted by molar-refractivity contribution is 5.93. The smallest absolute Gasteiger partial charge is 0.243 e. The second-order valence-electron chi connectivity index (χ2n) is 9.20. The highest BCUT2D eigenvalue weighted by Gasteiger charge is 2.27. The SMILES string of the molecule is CC(=O)N[C@@H](Cc1c[nH]c2ccccc12)C(=O)N[C@@H](Cc1ccc2ccccc2c1)C(=O)NCCCN. The van der Waals surface area contributed by atoms with Gasteiger partial charge in [0.25, 0.3) is 0 Å². The van der Waals surface area contributed by atoms with Crippen LogP contribution in [0.15, 0.2) is 72.9 Å². The molecule has 8 heteroatoms. The van der Waals surface area contributed by atoms with Gasteiger partial charge in [0.1, 0.15) is 12.1 Å². The number of carbonyl (C=O) groups excluding carboxylic acids is 3. The number of fused-ring (bicyclic) bond motifs is 2. The standard InChI is InChI=1S/C29H33N5O3/c1-19(35)33-27(17-23-18-32-25-10-5-4-9-24(23)25)29(37)34-26(28(36)31-14-6-13-30)16-20-11-12-21-7-2-3-8-22(21)15-20/h2-5,7-12,15,18,26-27,32H,6,13-14,16-17,30H2,1H3,(H,31,36)(H,33,35)(H,34,37)/t26-,27-/m0/s1. The van der Waals surface area contributed by atoms with E-state index in [0.717, 1.165) is 32.8 Å². The molecule has 0 bridgehead atoms. The molecule has 192 valence electrons. The lowest BCUT2D eigenvalue weighted by Gasteiger charge is -2.23. The van der Waals surface area contributed by atoms with Crippen LogP contribution in [0, 0.1) is 0 Å². The van der Waals surface area contributed by atoms with Gasteiger partial charge in [-0.3, -0.25) is 14.4 Å². The number of hydrogen-bond donors (Lipinski definition) is 5. The number of H-pyrrole nitrogens is 1. The number of aromatic nitrogens is 1. The molecule has 0 spiro atoms. The Morgan fingerprint density at radius 1 is 0.865 bits per heavy atom. The Labute approximate surface area is 216 Å². The molecule has 1 heterocycles. The first-order valence-electron chi connectivity index (χ1n) is 12.5. The summed E-state index contributed by atoms with van der Waals surface area (Å²) < 4.78 is 0. The quantitative estimate of drug-likeness (QED) is 0.203. The zero-order valence-corrected chi connectivity index (χ0v) is 20.9. The van der Waals surface area contributed by atoms with Crippen LogP contribution in [0.25, 0.3) is 21.7 Å². The molecule has 8 nitrogen and oxygen atoms in total. The summed E-state index contributed by atoms with van der Waals surface area (Å²) in [6, 6.07) is 20.1. The molecule has 0 aliphatic rings. The molecule has 0 aliphatic carbocycles. The molecular formula is C29H33N5O3. The highest BCUT2D eigenvalue weighted by atomic mass is 16.2. The number of para-hydroxylation sites is 1. The second kappa shape index (κ2) is 12.2. The lowest BCUT2D eigenvalue weighted by molar-refractivity contribution is -0.131. The average Bonchev–Trinajstić information content (AvgIpc) is 3.30. The van der Waals surface area contributed by atoms with E-state index in [1.165, 1.54) is 6.92 Å². The molecule has 0 radical (unpaired) electrons. The van der Waals surface area contributed by atoms with Gasteiger partial charge in [0, 0.05) is 43.4 Å². The first-order valence-corrected chi connectivity index (χ1v) is 12.5. The van der Waals surface area contributed by atoms with Gasteiger partial charge < -0.3 is 26.7 Å². The molecule has 1 aromatic heterocycles. The predicted molar refractivity (Wildman–Crippen MR) is 146 cm³/mol. The molecule has 0 unspecified atom stereocenters. The zero-order valence-electron chi connectivity index (χ0n) is 20.9. The first kappa shape index (κ1) is 25.9. The number of amides is 3. The van der Waals surface area contributed by atoms with E-state index in [0.29, 0.717) is 25.9 Å². The van der Waals surface area contributed by atoms with Crippen LogP contribution in [0.1, 0.15) is 24.5 Å². The molecule has 0 fully saturated rings. The van der Waals surface area contributed by atoms with Crippen LogP contribution in [-0.4, -0.2) is 47.9 Å². The Morgan fingerprint density at radius 3 is 2.38 bits per heavy atom. The molecular weight excluding hydrogens is 466 g/mol. The summed E-state index contributed by atoms with van der Waals surface area (Å²) in [7, 11) is 0. The van der Waals surface area contributed by atoms with Gasteiger partial charge in [0.2, 0.25) is 17.7 Å². The Hall–Kier alpha value is -4.17. The lowest BCUT2D eigenvalue weighted by atomic mass is 10.00. The largest absolute Gasteiger partial charge is 0.361 e. The summed E-state index contributed by atoms with van der Waals surface area (Å²) in [6.45, 7) is 2.25. The summed E-state index contributed by atoms with van der Waals surface area (Å²) in [4.78, 5) is 41.7. The van der Waals surface area contributed by atoms with Crippen molar-refractivity contribution in [2.45, 2.75) is 38.3 Å². The monoisotopic (exact) mass is 499 g/mol. The molecule has 3 aromatic carbocycles. The summed E-state index contributed by atoms with van der Waals surface area (Å²) in [6.07, 6.45) is 3.08. The van der Waals surface area contributed by atoms with Crippen LogP contribution < -0.4 is 21.7 Å². The summed E-state index contributed by atoms with van der Waals surface area (Å²) in [5, 5.41) is 11.7. The summed E-state index contributed by atoms with van der Waals surface area (Å²) >= 11 is 0. The highest BCUT2D eigenvalue weighted by Crippen LogP contribution is 2.20. The maximum Gasteiger partial charge on any atom is 0.243 e. The number of nitrogens with two attached hydrogens (primary N) is 1. The number of carbonyl (C=O) groups is 3. The van der Waals surface area contributed by atoms with Crippen molar-refractivity contribution < 1.29 is 14.4 Å². The summed E-state index contributed by atoms with van der Waals surface area (Å²) in [5.74, 6) is -1.03. The van der Waals surface area contributed by atoms with Crippen LogP contribution >= 0.6 is 0 Å². The van der Waals surface area contributed by atoms with Crippen molar-refractivity contribution in [2.24, 2.45) is 5.73 Å². The Morgan fingerprint density at radius 2 is 1.59 bits per heavy atom. The Bertz CT molecular complexity index is 1400. The molecule has 0 aliphatic heterocycles. The van der Waals surface area contributed by atoms with E-state index < -0.39 is 18.0 Å². The van der Waals surface area contributed by atoms with Crippen molar-refractivity contribution in [1.82, 2.24) is 20.9 Å². The Balaban J connectivity index is 1.55. The van der Waals surface area contributed by atoms with Crippen molar-refractivity contribution in [3.05, 3.63) is 84.1 Å². The predicted octanol–water partition coefficient (Wildman–Crippen LogP) is 2.56. The van der Waals surface area contributed by atoms with Crippen LogP contribution in [0.2, 0.25) is 0 Å². The molecule has 0 saturated carbocycles. The minimum absolute atomic E-state index is 0.285. The van der Waals surface area contributed by atoms with Gasteiger partial charge in [-0.1, -0.05) is 60.7 Å². The van der Waals surface area contributed by atoms with Crippen molar-refractivity contribution in [3.8, 4) is 0 Å². The van der Waals surface area contributed by atoms with Gasteiger partial charge in [-0.15, -0.1) is 0 Å². The number of hydrogen-bond acceptors (Lipinski definition) is 4. The van der Waals surface area contributed by atoms with E-state index in [4.69, 9.17) is 5.73 Å². The van der Waals surface area contributed by atoms with E-state index in [-0.39, 0.29) is 18.2 Å². The second-order valence-corrected chi connectivity index (χ2v) is 9.20. The van der Waals surface area contributed by atoms with E-state index in [1.54, 1.807) is 0 Å².